The summed E-state index contributed by atoms with van der Waals surface area (Å²) in [6, 6.07) is 13.4. The minimum Gasteiger partial charge on any atom is -0.349 e. The van der Waals surface area contributed by atoms with E-state index in [1.807, 2.05) is 19.1 Å². The molecule has 6 heteroatoms. The SMILES string of the molecule is Cc1ccccc1NS(=O)(=O)c1ccc(C(=O)NC2CC2)cc1. The summed E-state index contributed by atoms with van der Waals surface area (Å²) in [5.74, 6) is -0.164. The molecule has 1 saturated carbocycles. The average molecular weight is 330 g/mol. The van der Waals surface area contributed by atoms with E-state index in [2.05, 4.69) is 10.0 Å². The largest absolute Gasteiger partial charge is 0.349 e. The number of hydrogen-bond acceptors (Lipinski definition) is 3. The Hall–Kier alpha value is -2.34. The Morgan fingerprint density at radius 3 is 2.30 bits per heavy atom. The van der Waals surface area contributed by atoms with E-state index in [4.69, 9.17) is 0 Å². The van der Waals surface area contributed by atoms with Gasteiger partial charge in [-0.05, 0) is 55.7 Å². The van der Waals surface area contributed by atoms with E-state index in [0.29, 0.717) is 11.3 Å². The topological polar surface area (TPSA) is 75.3 Å². The molecule has 2 aromatic rings. The zero-order chi connectivity index (χ0) is 16.4. The number of aryl methyl sites for hydroxylation is 1. The minimum absolute atomic E-state index is 0.128. The summed E-state index contributed by atoms with van der Waals surface area (Å²) in [6.07, 6.45) is 2.02. The van der Waals surface area contributed by atoms with E-state index >= 15 is 0 Å². The molecule has 1 fully saturated rings. The molecule has 0 radical (unpaired) electrons. The van der Waals surface area contributed by atoms with Crippen LogP contribution in [0.15, 0.2) is 53.4 Å². The third-order valence-electron chi connectivity index (χ3n) is 3.73. The Labute approximate surface area is 135 Å². The Balaban J connectivity index is 1.77. The zero-order valence-electron chi connectivity index (χ0n) is 12.7. The fourth-order valence-electron chi connectivity index (χ4n) is 2.17. The number of carbonyl (C=O) groups is 1. The molecule has 1 aliphatic rings. The first-order valence-corrected chi connectivity index (χ1v) is 8.93. The third-order valence-corrected chi connectivity index (χ3v) is 5.11. The molecule has 1 aliphatic carbocycles. The molecule has 0 heterocycles. The van der Waals surface area contributed by atoms with Crippen molar-refractivity contribution in [3.05, 3.63) is 59.7 Å². The van der Waals surface area contributed by atoms with Crippen LogP contribution in [0, 0.1) is 6.92 Å². The molecule has 2 aromatic carbocycles. The van der Waals surface area contributed by atoms with Gasteiger partial charge in [-0.25, -0.2) is 8.42 Å². The lowest BCUT2D eigenvalue weighted by Crippen LogP contribution is -2.25. The maximum Gasteiger partial charge on any atom is 0.261 e. The van der Waals surface area contributed by atoms with Gasteiger partial charge < -0.3 is 5.32 Å². The number of sulfonamides is 1. The van der Waals surface area contributed by atoms with Crippen LogP contribution in [-0.2, 0) is 10.0 Å². The van der Waals surface area contributed by atoms with E-state index in [-0.39, 0.29) is 16.8 Å². The Morgan fingerprint density at radius 1 is 1.04 bits per heavy atom. The fraction of sp³-hybridized carbons (Fsp3) is 0.235. The summed E-state index contributed by atoms with van der Waals surface area (Å²) in [6.45, 7) is 1.84. The predicted molar refractivity (Wildman–Crippen MR) is 88.9 cm³/mol. The number of amides is 1. The molecule has 3 rings (SSSR count). The molecule has 1 amide bonds. The molecule has 0 aromatic heterocycles. The summed E-state index contributed by atoms with van der Waals surface area (Å²) < 4.78 is 27.4. The second-order valence-corrected chi connectivity index (χ2v) is 7.37. The standard InChI is InChI=1S/C17H18N2O3S/c1-12-4-2-3-5-16(12)19-23(21,22)15-10-6-13(7-11-15)17(20)18-14-8-9-14/h2-7,10-11,14,19H,8-9H2,1H3,(H,18,20). The number of hydrogen-bond donors (Lipinski definition) is 2. The fourth-order valence-corrected chi connectivity index (χ4v) is 3.30. The van der Waals surface area contributed by atoms with Crippen LogP contribution in [0.3, 0.4) is 0 Å². The lowest BCUT2D eigenvalue weighted by Gasteiger charge is -2.11. The lowest BCUT2D eigenvalue weighted by atomic mass is 10.2. The van der Waals surface area contributed by atoms with Gasteiger partial charge in [0.25, 0.3) is 15.9 Å². The van der Waals surface area contributed by atoms with E-state index in [9.17, 15) is 13.2 Å². The van der Waals surface area contributed by atoms with Gasteiger partial charge in [0.05, 0.1) is 10.6 Å². The summed E-state index contributed by atoms with van der Waals surface area (Å²) in [7, 11) is -3.67. The van der Waals surface area contributed by atoms with Gasteiger partial charge in [0, 0.05) is 11.6 Å². The van der Waals surface area contributed by atoms with E-state index < -0.39 is 10.0 Å². The van der Waals surface area contributed by atoms with Gasteiger partial charge in [-0.3, -0.25) is 9.52 Å². The van der Waals surface area contributed by atoms with Crippen molar-refractivity contribution in [1.82, 2.24) is 5.32 Å². The van der Waals surface area contributed by atoms with Crippen molar-refractivity contribution in [3.63, 3.8) is 0 Å². The number of carbonyl (C=O) groups excluding carboxylic acids is 1. The molecule has 2 N–H and O–H groups in total. The third kappa shape index (κ3) is 3.71. The Bertz CT molecular complexity index is 825. The van der Waals surface area contributed by atoms with Crippen molar-refractivity contribution in [2.45, 2.75) is 30.7 Å². The summed E-state index contributed by atoms with van der Waals surface area (Å²) in [5.41, 5.74) is 1.85. The molecule has 5 nitrogen and oxygen atoms in total. The van der Waals surface area contributed by atoms with E-state index in [1.165, 1.54) is 24.3 Å². The van der Waals surface area contributed by atoms with Crippen LogP contribution in [0.4, 0.5) is 5.69 Å². The van der Waals surface area contributed by atoms with Crippen LogP contribution < -0.4 is 10.0 Å². The van der Waals surface area contributed by atoms with Crippen molar-refractivity contribution >= 4 is 21.6 Å². The highest BCUT2D eigenvalue weighted by atomic mass is 32.2. The monoisotopic (exact) mass is 330 g/mol. The smallest absolute Gasteiger partial charge is 0.261 e. The number of nitrogens with one attached hydrogen (secondary N) is 2. The van der Waals surface area contributed by atoms with Crippen LogP contribution in [0.2, 0.25) is 0 Å². The highest BCUT2D eigenvalue weighted by Crippen LogP contribution is 2.21. The van der Waals surface area contributed by atoms with Gasteiger partial charge in [-0.15, -0.1) is 0 Å². The number of rotatable bonds is 5. The highest BCUT2D eigenvalue weighted by Gasteiger charge is 2.24. The normalized spacial score (nSPS) is 14.3. The first-order chi connectivity index (χ1) is 11.0. The molecular formula is C17H18N2O3S. The van der Waals surface area contributed by atoms with Crippen molar-refractivity contribution < 1.29 is 13.2 Å². The quantitative estimate of drug-likeness (QED) is 0.885. The van der Waals surface area contributed by atoms with Gasteiger partial charge in [0.15, 0.2) is 0 Å². The highest BCUT2D eigenvalue weighted by molar-refractivity contribution is 7.92. The predicted octanol–water partition coefficient (Wildman–Crippen LogP) is 2.69. The van der Waals surface area contributed by atoms with Crippen LogP contribution in [-0.4, -0.2) is 20.4 Å². The molecule has 23 heavy (non-hydrogen) atoms. The van der Waals surface area contributed by atoms with Crippen LogP contribution >= 0.6 is 0 Å². The summed E-state index contributed by atoms with van der Waals surface area (Å²) >= 11 is 0. The minimum atomic E-state index is -3.67. The molecular weight excluding hydrogens is 312 g/mol. The molecule has 0 unspecified atom stereocenters. The van der Waals surface area contributed by atoms with Crippen molar-refractivity contribution in [3.8, 4) is 0 Å². The Kier molecular flexibility index (Phi) is 4.09. The molecule has 0 atom stereocenters. The molecule has 0 saturated heterocycles. The van der Waals surface area contributed by atoms with Gasteiger partial charge >= 0.3 is 0 Å². The van der Waals surface area contributed by atoms with Gasteiger partial charge in [0.1, 0.15) is 0 Å². The van der Waals surface area contributed by atoms with Gasteiger partial charge in [-0.2, -0.15) is 0 Å². The lowest BCUT2D eigenvalue weighted by molar-refractivity contribution is 0.0951. The van der Waals surface area contributed by atoms with Gasteiger partial charge in [0.2, 0.25) is 0 Å². The maximum absolute atomic E-state index is 12.4. The molecule has 0 bridgehead atoms. The van der Waals surface area contributed by atoms with Crippen molar-refractivity contribution in [2.24, 2.45) is 0 Å². The molecule has 0 aliphatic heterocycles. The summed E-state index contributed by atoms with van der Waals surface area (Å²) in [5, 5.41) is 2.87. The maximum atomic E-state index is 12.4. The van der Waals surface area contributed by atoms with E-state index in [1.54, 1.807) is 12.1 Å². The number of anilines is 1. The van der Waals surface area contributed by atoms with E-state index in [0.717, 1.165) is 18.4 Å². The second-order valence-electron chi connectivity index (χ2n) is 5.69. The van der Waals surface area contributed by atoms with Crippen molar-refractivity contribution in [1.29, 1.82) is 0 Å². The first-order valence-electron chi connectivity index (χ1n) is 7.45. The van der Waals surface area contributed by atoms with Crippen LogP contribution in [0.5, 0.6) is 0 Å². The Morgan fingerprint density at radius 2 is 1.70 bits per heavy atom. The zero-order valence-corrected chi connectivity index (χ0v) is 13.6. The van der Waals surface area contributed by atoms with Crippen LogP contribution in [0.1, 0.15) is 28.8 Å². The average Bonchev–Trinajstić information content (AvgIpc) is 3.33. The number of para-hydroxylation sites is 1. The number of benzene rings is 2. The van der Waals surface area contributed by atoms with Crippen LogP contribution in [0.25, 0.3) is 0 Å². The molecule has 0 spiro atoms. The summed E-state index contributed by atoms with van der Waals surface area (Å²) in [4.78, 5) is 12.0. The van der Waals surface area contributed by atoms with Gasteiger partial charge in [-0.1, -0.05) is 18.2 Å². The second kappa shape index (κ2) is 6.04. The van der Waals surface area contributed by atoms with Crippen molar-refractivity contribution in [2.75, 3.05) is 4.72 Å². The molecule has 120 valence electrons. The first kappa shape index (κ1) is 15.6.